The Labute approximate surface area is 122 Å². The Morgan fingerprint density at radius 3 is 2.70 bits per heavy atom. The molecule has 0 aliphatic heterocycles. The second-order valence-electron chi connectivity index (χ2n) is 4.64. The van der Waals surface area contributed by atoms with E-state index < -0.39 is 0 Å². The predicted octanol–water partition coefficient (Wildman–Crippen LogP) is 3.34. The third-order valence-electron chi connectivity index (χ3n) is 2.61. The molecule has 2 aromatic rings. The van der Waals surface area contributed by atoms with Gasteiger partial charge in [-0.2, -0.15) is 0 Å². The van der Waals surface area contributed by atoms with E-state index in [-0.39, 0.29) is 11.9 Å². The summed E-state index contributed by atoms with van der Waals surface area (Å²) in [5, 5.41) is 0.495. The van der Waals surface area contributed by atoms with Crippen LogP contribution in [0.3, 0.4) is 0 Å². The summed E-state index contributed by atoms with van der Waals surface area (Å²) >= 11 is 5.83. The third kappa shape index (κ3) is 3.27. The Morgan fingerprint density at radius 2 is 2.05 bits per heavy atom. The van der Waals surface area contributed by atoms with E-state index in [0.717, 1.165) is 0 Å². The van der Waals surface area contributed by atoms with Gasteiger partial charge in [-0.1, -0.05) is 11.6 Å². The standard InChI is InChI=1S/C15H15ClN2O2/c1-9(2)20-12-5-10(7-18-8-12)15(19)13-4-3-11(16)6-14(13)17/h3-9H,17H2,1-2H3. The summed E-state index contributed by atoms with van der Waals surface area (Å²) in [6, 6.07) is 6.45. The number of hydrogen-bond donors (Lipinski definition) is 1. The number of nitrogens with two attached hydrogens (primary N) is 1. The first-order valence-corrected chi connectivity index (χ1v) is 6.56. The van der Waals surface area contributed by atoms with Gasteiger partial charge >= 0.3 is 0 Å². The molecular weight excluding hydrogens is 276 g/mol. The fraction of sp³-hybridized carbons (Fsp3) is 0.200. The summed E-state index contributed by atoms with van der Waals surface area (Å²) in [5.74, 6) is 0.347. The number of halogens is 1. The van der Waals surface area contributed by atoms with Gasteiger partial charge in [0.25, 0.3) is 0 Å². The van der Waals surface area contributed by atoms with Crippen LogP contribution in [0.1, 0.15) is 29.8 Å². The Balaban J connectivity index is 2.33. The molecule has 0 aliphatic rings. The number of aromatic nitrogens is 1. The molecule has 20 heavy (non-hydrogen) atoms. The number of pyridine rings is 1. The van der Waals surface area contributed by atoms with Gasteiger partial charge in [-0.15, -0.1) is 0 Å². The second-order valence-corrected chi connectivity index (χ2v) is 5.07. The van der Waals surface area contributed by atoms with Gasteiger partial charge in [0.2, 0.25) is 0 Å². The molecule has 1 aromatic carbocycles. The molecule has 2 N–H and O–H groups in total. The van der Waals surface area contributed by atoms with Gasteiger partial charge in [-0.05, 0) is 38.1 Å². The largest absolute Gasteiger partial charge is 0.489 e. The molecule has 104 valence electrons. The lowest BCUT2D eigenvalue weighted by Crippen LogP contribution is -2.09. The fourth-order valence-corrected chi connectivity index (χ4v) is 1.96. The molecule has 1 aromatic heterocycles. The molecular formula is C15H15ClN2O2. The molecule has 0 saturated carbocycles. The van der Waals surface area contributed by atoms with Crippen LogP contribution in [0.25, 0.3) is 0 Å². The predicted molar refractivity (Wildman–Crippen MR) is 79.3 cm³/mol. The number of nitrogens with zero attached hydrogens (tertiary/aromatic N) is 1. The molecule has 0 bridgehead atoms. The van der Waals surface area contributed by atoms with Crippen LogP contribution < -0.4 is 10.5 Å². The van der Waals surface area contributed by atoms with Crippen molar-refractivity contribution >= 4 is 23.1 Å². The summed E-state index contributed by atoms with van der Waals surface area (Å²) in [6.07, 6.45) is 3.08. The first-order valence-electron chi connectivity index (χ1n) is 6.19. The Bertz CT molecular complexity index is 642. The lowest BCUT2D eigenvalue weighted by molar-refractivity contribution is 0.103. The van der Waals surface area contributed by atoms with Crippen LogP contribution in [0, 0.1) is 0 Å². The highest BCUT2D eigenvalue weighted by Crippen LogP contribution is 2.22. The summed E-state index contributed by atoms with van der Waals surface area (Å²) in [4.78, 5) is 16.4. The number of anilines is 1. The quantitative estimate of drug-likeness (QED) is 0.693. The number of benzene rings is 1. The summed E-state index contributed by atoms with van der Waals surface area (Å²) < 4.78 is 5.52. The number of hydrogen-bond acceptors (Lipinski definition) is 4. The Morgan fingerprint density at radius 1 is 1.30 bits per heavy atom. The van der Waals surface area contributed by atoms with Gasteiger partial charge < -0.3 is 10.5 Å². The van der Waals surface area contributed by atoms with E-state index in [1.807, 2.05) is 13.8 Å². The van der Waals surface area contributed by atoms with Crippen molar-refractivity contribution in [3.63, 3.8) is 0 Å². The molecule has 0 radical (unpaired) electrons. The summed E-state index contributed by atoms with van der Waals surface area (Å²) in [7, 11) is 0. The monoisotopic (exact) mass is 290 g/mol. The molecule has 2 rings (SSSR count). The highest BCUT2D eigenvalue weighted by molar-refractivity contribution is 6.31. The third-order valence-corrected chi connectivity index (χ3v) is 2.84. The molecule has 5 heteroatoms. The number of rotatable bonds is 4. The SMILES string of the molecule is CC(C)Oc1cncc(C(=O)c2ccc(Cl)cc2N)c1. The van der Waals surface area contributed by atoms with Crippen molar-refractivity contribution in [2.75, 3.05) is 5.73 Å². The number of carbonyl (C=O) groups excluding carboxylic acids is 1. The van der Waals surface area contributed by atoms with Crippen molar-refractivity contribution in [3.8, 4) is 5.75 Å². The number of ketones is 1. The maximum absolute atomic E-state index is 12.4. The summed E-state index contributed by atoms with van der Waals surface area (Å²) in [6.45, 7) is 3.82. The van der Waals surface area contributed by atoms with E-state index in [9.17, 15) is 4.79 Å². The first-order chi connectivity index (χ1) is 9.47. The van der Waals surface area contributed by atoms with E-state index >= 15 is 0 Å². The van der Waals surface area contributed by atoms with E-state index in [2.05, 4.69) is 4.98 Å². The minimum Gasteiger partial charge on any atom is -0.489 e. The zero-order chi connectivity index (χ0) is 14.7. The molecule has 0 unspecified atom stereocenters. The highest BCUT2D eigenvalue weighted by atomic mass is 35.5. The van der Waals surface area contributed by atoms with Crippen molar-refractivity contribution in [2.24, 2.45) is 0 Å². The molecule has 4 nitrogen and oxygen atoms in total. The zero-order valence-corrected chi connectivity index (χ0v) is 12.0. The molecule has 0 aliphatic carbocycles. The van der Waals surface area contributed by atoms with Crippen molar-refractivity contribution in [1.29, 1.82) is 0 Å². The van der Waals surface area contributed by atoms with Gasteiger partial charge in [0.15, 0.2) is 5.78 Å². The lowest BCUT2D eigenvalue weighted by Gasteiger charge is -2.10. The van der Waals surface area contributed by atoms with E-state index in [1.54, 1.807) is 30.5 Å². The number of carbonyl (C=O) groups is 1. The van der Waals surface area contributed by atoms with Crippen molar-refractivity contribution in [1.82, 2.24) is 4.98 Å². The maximum Gasteiger partial charge on any atom is 0.196 e. The number of nitrogen functional groups attached to an aromatic ring is 1. The normalized spacial score (nSPS) is 10.6. The molecule has 0 atom stereocenters. The average Bonchev–Trinajstić information content (AvgIpc) is 2.37. The van der Waals surface area contributed by atoms with E-state index in [1.165, 1.54) is 6.20 Å². The minimum atomic E-state index is -0.208. The van der Waals surface area contributed by atoms with Gasteiger partial charge in [0.05, 0.1) is 12.3 Å². The van der Waals surface area contributed by atoms with E-state index in [4.69, 9.17) is 22.1 Å². The van der Waals surface area contributed by atoms with Gasteiger partial charge in [0.1, 0.15) is 5.75 Å². The minimum absolute atomic E-state index is 0.0164. The highest BCUT2D eigenvalue weighted by Gasteiger charge is 2.14. The van der Waals surface area contributed by atoms with Crippen LogP contribution in [-0.4, -0.2) is 16.9 Å². The fourth-order valence-electron chi connectivity index (χ4n) is 1.78. The Hall–Kier alpha value is -2.07. The van der Waals surface area contributed by atoms with Crippen molar-refractivity contribution in [2.45, 2.75) is 20.0 Å². The van der Waals surface area contributed by atoms with Crippen LogP contribution in [0.2, 0.25) is 5.02 Å². The smallest absolute Gasteiger partial charge is 0.196 e. The first kappa shape index (κ1) is 14.3. The maximum atomic E-state index is 12.4. The van der Waals surface area contributed by atoms with Gasteiger partial charge in [-0.3, -0.25) is 9.78 Å². The molecule has 0 spiro atoms. The molecule has 0 saturated heterocycles. The van der Waals surface area contributed by atoms with Crippen LogP contribution in [0.4, 0.5) is 5.69 Å². The van der Waals surface area contributed by atoms with Crippen LogP contribution in [0.5, 0.6) is 5.75 Å². The van der Waals surface area contributed by atoms with Crippen molar-refractivity contribution in [3.05, 3.63) is 52.8 Å². The van der Waals surface area contributed by atoms with Crippen molar-refractivity contribution < 1.29 is 9.53 Å². The molecule has 0 amide bonds. The average molecular weight is 291 g/mol. The van der Waals surface area contributed by atoms with Gasteiger partial charge in [0, 0.05) is 28.0 Å². The van der Waals surface area contributed by atoms with Crippen LogP contribution >= 0.6 is 11.6 Å². The van der Waals surface area contributed by atoms with Crippen LogP contribution in [0.15, 0.2) is 36.7 Å². The lowest BCUT2D eigenvalue weighted by atomic mass is 10.0. The number of ether oxygens (including phenoxy) is 1. The second kappa shape index (κ2) is 5.92. The van der Waals surface area contributed by atoms with Gasteiger partial charge in [-0.25, -0.2) is 0 Å². The topological polar surface area (TPSA) is 65.2 Å². The Kier molecular flexibility index (Phi) is 4.25. The molecule has 1 heterocycles. The van der Waals surface area contributed by atoms with E-state index in [0.29, 0.717) is 27.6 Å². The zero-order valence-electron chi connectivity index (χ0n) is 11.3. The summed E-state index contributed by atoms with van der Waals surface area (Å²) in [5.41, 5.74) is 7.00. The molecule has 0 fully saturated rings. The van der Waals surface area contributed by atoms with Crippen LogP contribution in [-0.2, 0) is 0 Å².